The van der Waals surface area contributed by atoms with Crippen molar-refractivity contribution >= 4 is 0 Å². The maximum atomic E-state index is 3.42. The van der Waals surface area contributed by atoms with Gasteiger partial charge in [0, 0.05) is 6.04 Å². The van der Waals surface area contributed by atoms with Gasteiger partial charge >= 0.3 is 0 Å². The molecule has 0 radical (unpaired) electrons. The molecule has 1 rings (SSSR count). The highest BCUT2D eigenvalue weighted by molar-refractivity contribution is 5.30. The van der Waals surface area contributed by atoms with Crippen LogP contribution >= 0.6 is 0 Å². The summed E-state index contributed by atoms with van der Waals surface area (Å²) in [4.78, 5) is 0. The first-order valence-corrected chi connectivity index (χ1v) is 6.08. The number of hydrogen-bond acceptors (Lipinski definition) is 1. The second-order valence-corrected chi connectivity index (χ2v) is 5.83. The predicted molar refractivity (Wildman–Crippen MR) is 71.9 cm³/mol. The van der Waals surface area contributed by atoms with E-state index in [9.17, 15) is 0 Å². The van der Waals surface area contributed by atoms with Crippen molar-refractivity contribution in [2.45, 2.75) is 47.1 Å². The molecule has 1 atom stereocenters. The molecule has 0 saturated heterocycles. The summed E-state index contributed by atoms with van der Waals surface area (Å²) in [5.41, 5.74) is 4.49. The van der Waals surface area contributed by atoms with Crippen molar-refractivity contribution in [3.8, 4) is 0 Å². The van der Waals surface area contributed by atoms with Crippen LogP contribution in [0.1, 0.15) is 37.5 Å². The number of benzene rings is 1. The Morgan fingerprint density at radius 1 is 1.12 bits per heavy atom. The van der Waals surface area contributed by atoms with Gasteiger partial charge in [-0.05, 0) is 49.4 Å². The highest BCUT2D eigenvalue weighted by Gasteiger charge is 2.22. The van der Waals surface area contributed by atoms with Crippen LogP contribution in [0.5, 0.6) is 0 Å². The van der Waals surface area contributed by atoms with E-state index in [4.69, 9.17) is 0 Å². The van der Waals surface area contributed by atoms with Crippen LogP contribution in [0.3, 0.4) is 0 Å². The van der Waals surface area contributed by atoms with E-state index in [-0.39, 0.29) is 0 Å². The Morgan fingerprint density at radius 2 is 1.75 bits per heavy atom. The lowest BCUT2D eigenvalue weighted by molar-refractivity contribution is 0.280. The van der Waals surface area contributed by atoms with Gasteiger partial charge in [0.15, 0.2) is 0 Å². The fraction of sp³-hybridized carbons (Fsp3) is 0.600. The molecule has 0 aliphatic heterocycles. The average molecular weight is 219 g/mol. The third-order valence-electron chi connectivity index (χ3n) is 3.40. The quantitative estimate of drug-likeness (QED) is 0.820. The summed E-state index contributed by atoms with van der Waals surface area (Å²) < 4.78 is 0. The van der Waals surface area contributed by atoms with Crippen molar-refractivity contribution in [3.05, 3.63) is 34.9 Å². The zero-order valence-corrected chi connectivity index (χ0v) is 11.5. The Hall–Kier alpha value is -0.820. The highest BCUT2D eigenvalue weighted by Crippen LogP contribution is 2.23. The predicted octanol–water partition coefficient (Wildman–Crippen LogP) is 3.48. The molecule has 1 unspecified atom stereocenters. The summed E-state index contributed by atoms with van der Waals surface area (Å²) in [6, 6.07) is 7.30. The number of nitrogens with one attached hydrogen (secondary N) is 1. The van der Waals surface area contributed by atoms with E-state index < -0.39 is 0 Å². The van der Waals surface area contributed by atoms with E-state index in [1.807, 2.05) is 0 Å². The second kappa shape index (κ2) is 5.01. The molecule has 0 aliphatic rings. The van der Waals surface area contributed by atoms with Crippen LogP contribution in [0.15, 0.2) is 18.2 Å². The summed E-state index contributed by atoms with van der Waals surface area (Å²) in [7, 11) is 2.05. The molecular weight excluding hydrogens is 194 g/mol. The van der Waals surface area contributed by atoms with E-state index in [2.05, 4.69) is 65.2 Å². The molecular formula is C15H25N. The molecule has 1 nitrogen and oxygen atoms in total. The molecule has 0 spiro atoms. The third-order valence-corrected chi connectivity index (χ3v) is 3.40. The largest absolute Gasteiger partial charge is 0.316 e. The molecule has 0 bridgehead atoms. The van der Waals surface area contributed by atoms with Crippen LogP contribution in [0.2, 0.25) is 0 Å². The lowest BCUT2D eigenvalue weighted by Crippen LogP contribution is -2.39. The Kier molecular flexibility index (Phi) is 4.15. The van der Waals surface area contributed by atoms with Crippen LogP contribution in [0.4, 0.5) is 0 Å². The maximum Gasteiger partial charge on any atom is 0.0153 e. The monoisotopic (exact) mass is 219 g/mol. The summed E-state index contributed by atoms with van der Waals surface area (Å²) in [6.07, 6.45) is 1.10. The van der Waals surface area contributed by atoms with E-state index >= 15 is 0 Å². The summed E-state index contributed by atoms with van der Waals surface area (Å²) >= 11 is 0. The number of aryl methyl sites for hydroxylation is 2. The van der Waals surface area contributed by atoms with Gasteiger partial charge in [-0.2, -0.15) is 0 Å². The zero-order chi connectivity index (χ0) is 12.3. The molecule has 0 saturated carbocycles. The van der Waals surface area contributed by atoms with Gasteiger partial charge in [-0.25, -0.2) is 0 Å². The highest BCUT2D eigenvalue weighted by atomic mass is 14.9. The van der Waals surface area contributed by atoms with Crippen LogP contribution in [0, 0.1) is 19.3 Å². The maximum absolute atomic E-state index is 3.42. The standard InChI is InChI=1S/C15H25N/c1-11-7-8-13(9-12(11)2)10-14(16-6)15(3,4)5/h7-9,14,16H,10H2,1-6H3. The van der Waals surface area contributed by atoms with Crippen molar-refractivity contribution in [3.63, 3.8) is 0 Å². The lowest BCUT2D eigenvalue weighted by atomic mass is 9.83. The van der Waals surface area contributed by atoms with Gasteiger partial charge in [-0.15, -0.1) is 0 Å². The Labute approximate surface area is 100 Å². The summed E-state index contributed by atoms with van der Waals surface area (Å²) in [6.45, 7) is 11.2. The van der Waals surface area contributed by atoms with Crippen molar-refractivity contribution in [1.29, 1.82) is 0 Å². The molecule has 1 N–H and O–H groups in total. The van der Waals surface area contributed by atoms with Crippen molar-refractivity contribution in [1.82, 2.24) is 5.32 Å². The first-order chi connectivity index (χ1) is 7.34. The third kappa shape index (κ3) is 3.34. The van der Waals surface area contributed by atoms with Gasteiger partial charge < -0.3 is 5.32 Å². The Balaban J connectivity index is 2.83. The molecule has 90 valence electrons. The van der Waals surface area contributed by atoms with Gasteiger partial charge in [0.25, 0.3) is 0 Å². The van der Waals surface area contributed by atoms with Crippen LogP contribution < -0.4 is 5.32 Å². The van der Waals surface area contributed by atoms with Gasteiger partial charge in [0.2, 0.25) is 0 Å². The Bertz CT molecular complexity index is 347. The Morgan fingerprint density at radius 3 is 2.19 bits per heavy atom. The van der Waals surface area contributed by atoms with E-state index in [0.717, 1.165) is 6.42 Å². The van der Waals surface area contributed by atoms with Crippen LogP contribution in [0.25, 0.3) is 0 Å². The topological polar surface area (TPSA) is 12.0 Å². The molecule has 1 aromatic rings. The molecule has 1 heteroatoms. The van der Waals surface area contributed by atoms with Crippen molar-refractivity contribution in [2.24, 2.45) is 5.41 Å². The van der Waals surface area contributed by atoms with Crippen molar-refractivity contribution < 1.29 is 0 Å². The molecule has 16 heavy (non-hydrogen) atoms. The molecule has 0 amide bonds. The van der Waals surface area contributed by atoms with Crippen molar-refractivity contribution in [2.75, 3.05) is 7.05 Å². The molecule has 1 aromatic carbocycles. The number of hydrogen-bond donors (Lipinski definition) is 1. The van der Waals surface area contributed by atoms with Gasteiger partial charge in [0.1, 0.15) is 0 Å². The second-order valence-electron chi connectivity index (χ2n) is 5.83. The van der Waals surface area contributed by atoms with Gasteiger partial charge in [-0.3, -0.25) is 0 Å². The molecule has 0 aliphatic carbocycles. The molecule has 0 fully saturated rings. The first kappa shape index (κ1) is 13.2. The number of rotatable bonds is 3. The molecule has 0 aromatic heterocycles. The van der Waals surface area contributed by atoms with E-state index in [1.165, 1.54) is 16.7 Å². The summed E-state index contributed by atoms with van der Waals surface area (Å²) in [5, 5.41) is 3.42. The average Bonchev–Trinajstić information content (AvgIpc) is 2.18. The SMILES string of the molecule is CNC(Cc1ccc(C)c(C)c1)C(C)(C)C. The van der Waals surface area contributed by atoms with Gasteiger partial charge in [-0.1, -0.05) is 39.0 Å². The van der Waals surface area contributed by atoms with Gasteiger partial charge in [0.05, 0.1) is 0 Å². The molecule has 0 heterocycles. The van der Waals surface area contributed by atoms with E-state index in [0.29, 0.717) is 11.5 Å². The normalized spacial score (nSPS) is 13.9. The fourth-order valence-corrected chi connectivity index (χ4v) is 2.01. The minimum atomic E-state index is 0.299. The minimum absolute atomic E-state index is 0.299. The van der Waals surface area contributed by atoms with Crippen LogP contribution in [-0.4, -0.2) is 13.1 Å². The smallest absolute Gasteiger partial charge is 0.0153 e. The summed E-state index contributed by atoms with van der Waals surface area (Å²) in [5.74, 6) is 0. The lowest BCUT2D eigenvalue weighted by Gasteiger charge is -2.30. The van der Waals surface area contributed by atoms with Crippen LogP contribution in [-0.2, 0) is 6.42 Å². The first-order valence-electron chi connectivity index (χ1n) is 6.08. The minimum Gasteiger partial charge on any atom is -0.316 e. The van der Waals surface area contributed by atoms with E-state index in [1.54, 1.807) is 0 Å². The zero-order valence-electron chi connectivity index (χ0n) is 11.5. The fourth-order valence-electron chi connectivity index (χ4n) is 2.01. The number of likely N-dealkylation sites (N-methyl/N-ethyl adjacent to an activating group) is 1.